The lowest BCUT2D eigenvalue weighted by molar-refractivity contribution is -0.345. The molecule has 162 valence electrons. The van der Waals surface area contributed by atoms with Gasteiger partial charge in [-0.1, -0.05) is 30.3 Å². The number of nitrogens with zero attached hydrogens (tertiary/aromatic N) is 1. The molecule has 1 aliphatic rings. The van der Waals surface area contributed by atoms with Crippen LogP contribution in [0.3, 0.4) is 0 Å². The number of ether oxygens (including phenoxy) is 2. The fourth-order valence-corrected chi connectivity index (χ4v) is 4.25. The summed E-state index contributed by atoms with van der Waals surface area (Å²) in [6, 6.07) is 6.94. The van der Waals surface area contributed by atoms with Crippen LogP contribution in [0.4, 0.5) is 18.0 Å². The summed E-state index contributed by atoms with van der Waals surface area (Å²) in [4.78, 5) is 24.3. The van der Waals surface area contributed by atoms with E-state index in [9.17, 15) is 22.8 Å². The zero-order valence-electron chi connectivity index (χ0n) is 16.4. The standard InChI is InChI=1S/C18H24F3NO6Si/c1-29(2,3)28-17(18(19,20)21)14(9-10-15(23)24)22(12-27-17)16(25)26-11-13-7-5-4-6-8-13/h4-8,14H,9-12H2,1-3H3,(H,23,24)/t14-,17-/m0/s1. The fraction of sp³-hybridized carbons (Fsp3) is 0.556. The van der Waals surface area contributed by atoms with Crippen molar-refractivity contribution in [2.45, 2.75) is 57.1 Å². The first-order chi connectivity index (χ1) is 13.4. The first-order valence-corrected chi connectivity index (χ1v) is 12.4. The van der Waals surface area contributed by atoms with Crippen molar-refractivity contribution in [3.8, 4) is 0 Å². The van der Waals surface area contributed by atoms with Crippen molar-refractivity contribution >= 4 is 20.4 Å². The van der Waals surface area contributed by atoms with Crippen LogP contribution in [0, 0.1) is 0 Å². The summed E-state index contributed by atoms with van der Waals surface area (Å²) < 4.78 is 57.7. The number of amides is 1. The smallest absolute Gasteiger partial charge is 0.444 e. The van der Waals surface area contributed by atoms with Gasteiger partial charge >= 0.3 is 18.2 Å². The van der Waals surface area contributed by atoms with Crippen LogP contribution >= 0.6 is 0 Å². The number of hydrogen-bond donors (Lipinski definition) is 1. The molecule has 1 amide bonds. The monoisotopic (exact) mass is 435 g/mol. The molecule has 7 nitrogen and oxygen atoms in total. The molecule has 0 bridgehead atoms. The number of carbonyl (C=O) groups is 2. The van der Waals surface area contributed by atoms with E-state index in [2.05, 4.69) is 0 Å². The third-order valence-electron chi connectivity index (χ3n) is 4.16. The lowest BCUT2D eigenvalue weighted by Gasteiger charge is -2.40. The van der Waals surface area contributed by atoms with Crippen LogP contribution in [0.25, 0.3) is 0 Å². The normalized spacial score (nSPS) is 22.6. The van der Waals surface area contributed by atoms with E-state index < -0.39 is 58.0 Å². The fourth-order valence-electron chi connectivity index (χ4n) is 3.03. The van der Waals surface area contributed by atoms with Gasteiger partial charge < -0.3 is 19.0 Å². The van der Waals surface area contributed by atoms with E-state index in [1.54, 1.807) is 50.0 Å². The highest BCUT2D eigenvalue weighted by molar-refractivity contribution is 6.69. The van der Waals surface area contributed by atoms with Crippen LogP contribution in [0.15, 0.2) is 30.3 Å². The number of carbonyl (C=O) groups excluding carboxylic acids is 1. The van der Waals surface area contributed by atoms with Gasteiger partial charge in [0.15, 0.2) is 8.32 Å². The zero-order chi connectivity index (χ0) is 21.9. The predicted molar refractivity (Wildman–Crippen MR) is 98.3 cm³/mol. The summed E-state index contributed by atoms with van der Waals surface area (Å²) in [6.07, 6.45) is -7.11. The molecule has 1 aromatic carbocycles. The Morgan fingerprint density at radius 2 is 1.90 bits per heavy atom. The summed E-state index contributed by atoms with van der Waals surface area (Å²) in [5, 5.41) is 8.97. The molecule has 29 heavy (non-hydrogen) atoms. The van der Waals surface area contributed by atoms with Gasteiger partial charge in [-0.25, -0.2) is 4.79 Å². The first-order valence-electron chi connectivity index (χ1n) is 8.96. The second-order valence-corrected chi connectivity index (χ2v) is 12.0. The van der Waals surface area contributed by atoms with Gasteiger partial charge in [-0.2, -0.15) is 13.2 Å². The maximum atomic E-state index is 14.1. The minimum absolute atomic E-state index is 0.143. The number of halogens is 3. The molecule has 2 atom stereocenters. The highest BCUT2D eigenvalue weighted by Gasteiger charge is 2.69. The van der Waals surface area contributed by atoms with Crippen LogP contribution in [-0.4, -0.2) is 55.1 Å². The van der Waals surface area contributed by atoms with Gasteiger partial charge in [-0.05, 0) is 31.6 Å². The highest BCUT2D eigenvalue weighted by Crippen LogP contribution is 2.46. The number of alkyl halides is 3. The van der Waals surface area contributed by atoms with Gasteiger partial charge in [-0.15, -0.1) is 0 Å². The molecule has 1 aromatic rings. The Hall–Kier alpha value is -2.11. The number of hydrogen-bond acceptors (Lipinski definition) is 5. The molecular formula is C18H24F3NO6Si. The maximum absolute atomic E-state index is 14.1. The van der Waals surface area contributed by atoms with Crippen LogP contribution in [-0.2, 0) is 25.3 Å². The van der Waals surface area contributed by atoms with E-state index in [-0.39, 0.29) is 6.61 Å². The summed E-state index contributed by atoms with van der Waals surface area (Å²) in [5.74, 6) is -4.39. The number of rotatable bonds is 7. The van der Waals surface area contributed by atoms with Crippen molar-refractivity contribution in [3.05, 3.63) is 35.9 Å². The number of benzene rings is 1. The van der Waals surface area contributed by atoms with E-state index in [4.69, 9.17) is 19.0 Å². The SMILES string of the molecule is C[Si](C)(C)O[C@@]1(C(F)(F)F)OCN(C(=O)OCc2ccccc2)[C@H]1CCC(=O)O. The lowest BCUT2D eigenvalue weighted by Crippen LogP contribution is -2.61. The van der Waals surface area contributed by atoms with Gasteiger partial charge in [0.1, 0.15) is 19.4 Å². The van der Waals surface area contributed by atoms with Crippen LogP contribution in [0.2, 0.25) is 19.6 Å². The summed E-state index contributed by atoms with van der Waals surface area (Å²) in [6.45, 7) is 3.79. The number of aliphatic carboxylic acids is 1. The number of carboxylic acid groups (broad SMARTS) is 1. The molecule has 2 rings (SSSR count). The van der Waals surface area contributed by atoms with Crippen LogP contribution in [0.1, 0.15) is 18.4 Å². The van der Waals surface area contributed by atoms with Crippen LogP contribution < -0.4 is 0 Å². The first kappa shape index (κ1) is 23.2. The minimum Gasteiger partial charge on any atom is -0.481 e. The van der Waals surface area contributed by atoms with Gasteiger partial charge in [0.05, 0.1) is 0 Å². The Balaban J connectivity index is 2.28. The average molecular weight is 435 g/mol. The second-order valence-electron chi connectivity index (χ2n) is 7.61. The molecule has 0 aliphatic carbocycles. The Bertz CT molecular complexity index is 725. The minimum atomic E-state index is -4.98. The quantitative estimate of drug-likeness (QED) is 0.653. The van der Waals surface area contributed by atoms with Crippen molar-refractivity contribution < 1.29 is 41.8 Å². The summed E-state index contributed by atoms with van der Waals surface area (Å²) in [5.41, 5.74) is 0.656. The van der Waals surface area contributed by atoms with E-state index in [0.29, 0.717) is 5.56 Å². The van der Waals surface area contributed by atoms with Crippen molar-refractivity contribution in [2.24, 2.45) is 0 Å². The average Bonchev–Trinajstić information content (AvgIpc) is 2.96. The molecule has 0 aromatic heterocycles. The van der Waals surface area contributed by atoms with Gasteiger partial charge in [0, 0.05) is 6.42 Å². The molecule has 1 N–H and O–H groups in total. The Morgan fingerprint density at radius 1 is 1.28 bits per heavy atom. The topological polar surface area (TPSA) is 85.3 Å². The molecule has 11 heteroatoms. The summed E-state index contributed by atoms with van der Waals surface area (Å²) >= 11 is 0. The van der Waals surface area contributed by atoms with Crippen LogP contribution in [0.5, 0.6) is 0 Å². The third-order valence-corrected chi connectivity index (χ3v) is 5.07. The Morgan fingerprint density at radius 3 is 2.41 bits per heavy atom. The van der Waals surface area contributed by atoms with E-state index >= 15 is 0 Å². The highest BCUT2D eigenvalue weighted by atomic mass is 28.4. The van der Waals surface area contributed by atoms with E-state index in [1.165, 1.54) is 0 Å². The molecule has 1 saturated heterocycles. The van der Waals surface area contributed by atoms with Crippen molar-refractivity contribution in [1.82, 2.24) is 4.90 Å². The Kier molecular flexibility index (Phi) is 6.96. The van der Waals surface area contributed by atoms with Crippen molar-refractivity contribution in [3.63, 3.8) is 0 Å². The zero-order valence-corrected chi connectivity index (χ0v) is 17.4. The lowest BCUT2D eigenvalue weighted by atomic mass is 10.0. The molecule has 0 spiro atoms. The predicted octanol–water partition coefficient (Wildman–Crippen LogP) is 3.96. The van der Waals surface area contributed by atoms with Gasteiger partial charge in [0.25, 0.3) is 5.79 Å². The van der Waals surface area contributed by atoms with Crippen molar-refractivity contribution in [2.75, 3.05) is 6.73 Å². The van der Waals surface area contributed by atoms with E-state index in [1.807, 2.05) is 0 Å². The Labute approximate surface area is 167 Å². The molecule has 0 saturated carbocycles. The molecular weight excluding hydrogens is 411 g/mol. The summed E-state index contributed by atoms with van der Waals surface area (Å²) in [7, 11) is -2.81. The molecule has 1 heterocycles. The molecule has 0 radical (unpaired) electrons. The van der Waals surface area contributed by atoms with E-state index in [0.717, 1.165) is 4.90 Å². The third kappa shape index (κ3) is 5.70. The second kappa shape index (κ2) is 8.72. The van der Waals surface area contributed by atoms with Crippen molar-refractivity contribution in [1.29, 1.82) is 0 Å². The number of carboxylic acids is 1. The maximum Gasteiger partial charge on any atom is 0.444 e. The van der Waals surface area contributed by atoms with Gasteiger partial charge in [-0.3, -0.25) is 9.69 Å². The molecule has 0 unspecified atom stereocenters. The largest absolute Gasteiger partial charge is 0.481 e. The molecule has 1 aliphatic heterocycles. The molecule has 1 fully saturated rings. The van der Waals surface area contributed by atoms with Gasteiger partial charge in [0.2, 0.25) is 0 Å².